The van der Waals surface area contributed by atoms with Gasteiger partial charge in [0.25, 0.3) is 0 Å². The normalized spacial score (nSPS) is 30.2. The molecule has 1 fully saturated rings. The third-order valence-electron chi connectivity index (χ3n) is 4.18. The fraction of sp³-hybridized carbons (Fsp3) is 0.571. The van der Waals surface area contributed by atoms with Crippen LogP contribution < -0.4 is 5.73 Å². The van der Waals surface area contributed by atoms with Crippen LogP contribution in [0.1, 0.15) is 38.2 Å². The molecule has 0 amide bonds. The number of benzene rings is 1. The molecule has 0 spiro atoms. The molecule has 1 aromatic carbocycles. The first-order valence-corrected chi connectivity index (χ1v) is 7.13. The summed E-state index contributed by atoms with van der Waals surface area (Å²) in [6.07, 6.45) is 3.41. The van der Waals surface area contributed by atoms with Gasteiger partial charge in [-0.2, -0.15) is 0 Å². The quantitative estimate of drug-likeness (QED) is 0.874. The molecule has 0 radical (unpaired) electrons. The lowest BCUT2D eigenvalue weighted by Gasteiger charge is -2.45. The number of hydrogen-bond donors (Lipinski definition) is 2. The van der Waals surface area contributed by atoms with Gasteiger partial charge in [0.2, 0.25) is 0 Å². The molecule has 100 valence electrons. The van der Waals surface area contributed by atoms with Crippen molar-refractivity contribution in [2.75, 3.05) is 0 Å². The first-order chi connectivity index (χ1) is 8.48. The number of aliphatic hydroxyl groups is 1. The second-order valence-corrected chi connectivity index (χ2v) is 6.03. The van der Waals surface area contributed by atoms with Crippen molar-refractivity contribution in [3.63, 3.8) is 0 Å². The van der Waals surface area contributed by atoms with Crippen LogP contribution in [0.3, 0.4) is 0 Å². The van der Waals surface area contributed by atoms with Crippen LogP contribution in [0, 0.1) is 0 Å². The Bertz CT molecular complexity index is 436. The van der Waals surface area contributed by atoms with Gasteiger partial charge in [0, 0.05) is 11.5 Å². The van der Waals surface area contributed by atoms with Gasteiger partial charge in [0.05, 0.1) is 16.1 Å². The first-order valence-electron chi connectivity index (χ1n) is 6.37. The van der Waals surface area contributed by atoms with Crippen molar-refractivity contribution in [1.29, 1.82) is 0 Å². The molecule has 3 atom stereocenters. The van der Waals surface area contributed by atoms with Crippen molar-refractivity contribution < 1.29 is 5.11 Å². The molecule has 1 aromatic rings. The summed E-state index contributed by atoms with van der Waals surface area (Å²) in [5.74, 6) is 0. The van der Waals surface area contributed by atoms with Gasteiger partial charge in [-0.15, -0.1) is 0 Å². The highest BCUT2D eigenvalue weighted by Gasteiger charge is 2.44. The van der Waals surface area contributed by atoms with E-state index < -0.39 is 11.5 Å². The van der Waals surface area contributed by atoms with E-state index in [1.807, 2.05) is 19.1 Å². The minimum Gasteiger partial charge on any atom is -0.392 e. The molecule has 18 heavy (non-hydrogen) atoms. The molecule has 0 aliphatic heterocycles. The molecule has 0 saturated heterocycles. The third kappa shape index (κ3) is 2.27. The van der Waals surface area contributed by atoms with Crippen molar-refractivity contribution in [2.24, 2.45) is 5.73 Å². The van der Waals surface area contributed by atoms with Gasteiger partial charge in [-0.3, -0.25) is 0 Å². The van der Waals surface area contributed by atoms with Crippen LogP contribution in [0.4, 0.5) is 0 Å². The number of hydrogen-bond acceptors (Lipinski definition) is 2. The molecular formula is C14H19Cl2NO. The molecule has 1 aliphatic rings. The maximum atomic E-state index is 10.4. The van der Waals surface area contributed by atoms with Crippen LogP contribution in [0.5, 0.6) is 0 Å². The summed E-state index contributed by atoms with van der Waals surface area (Å²) in [6, 6.07) is 5.45. The van der Waals surface area contributed by atoms with Crippen molar-refractivity contribution in [3.8, 4) is 0 Å². The van der Waals surface area contributed by atoms with Crippen LogP contribution in [0.15, 0.2) is 18.2 Å². The predicted octanol–water partition coefficient (Wildman–Crippen LogP) is 3.51. The summed E-state index contributed by atoms with van der Waals surface area (Å²) in [5, 5.41) is 11.5. The number of aliphatic hydroxyl groups excluding tert-OH is 1. The molecule has 1 unspecified atom stereocenters. The topological polar surface area (TPSA) is 46.2 Å². The molecule has 2 rings (SSSR count). The van der Waals surface area contributed by atoms with E-state index in [2.05, 4.69) is 0 Å². The summed E-state index contributed by atoms with van der Waals surface area (Å²) < 4.78 is 0. The highest BCUT2D eigenvalue weighted by molar-refractivity contribution is 6.42. The molecule has 0 aromatic heterocycles. The van der Waals surface area contributed by atoms with E-state index in [1.165, 1.54) is 0 Å². The zero-order chi connectivity index (χ0) is 13.3. The van der Waals surface area contributed by atoms with Gasteiger partial charge in [-0.05, 0) is 37.5 Å². The summed E-state index contributed by atoms with van der Waals surface area (Å²) in [7, 11) is 0. The summed E-state index contributed by atoms with van der Waals surface area (Å²) in [6.45, 7) is 1.96. The van der Waals surface area contributed by atoms with Gasteiger partial charge in [-0.25, -0.2) is 0 Å². The van der Waals surface area contributed by atoms with E-state index in [4.69, 9.17) is 28.9 Å². The van der Waals surface area contributed by atoms with E-state index >= 15 is 0 Å². The third-order valence-corrected chi connectivity index (χ3v) is 4.92. The lowest BCUT2D eigenvalue weighted by Crippen LogP contribution is -2.53. The second kappa shape index (κ2) is 5.38. The Hall–Kier alpha value is -0.280. The van der Waals surface area contributed by atoms with E-state index in [-0.39, 0.29) is 6.04 Å². The maximum absolute atomic E-state index is 10.4. The Labute approximate surface area is 118 Å². The lowest BCUT2D eigenvalue weighted by atomic mass is 9.63. The van der Waals surface area contributed by atoms with Gasteiger partial charge in [0.15, 0.2) is 0 Å². The van der Waals surface area contributed by atoms with Crippen molar-refractivity contribution >= 4 is 23.2 Å². The van der Waals surface area contributed by atoms with Crippen molar-refractivity contribution in [2.45, 2.75) is 50.2 Å². The summed E-state index contributed by atoms with van der Waals surface area (Å²) in [4.78, 5) is 0. The SMILES string of the molecule is CC(N)[C@]1(c2ccc(Cl)c(Cl)c2)CCCC[C@@H]1O. The smallest absolute Gasteiger partial charge is 0.0651 e. The van der Waals surface area contributed by atoms with Crippen LogP contribution in [0.25, 0.3) is 0 Å². The molecule has 4 heteroatoms. The largest absolute Gasteiger partial charge is 0.392 e. The Morgan fingerprint density at radius 3 is 2.61 bits per heavy atom. The van der Waals surface area contributed by atoms with Crippen LogP contribution in [0.2, 0.25) is 10.0 Å². The standard InChI is InChI=1S/C14H19Cl2NO/c1-9(17)14(7-3-2-4-13(14)18)10-5-6-11(15)12(16)8-10/h5-6,8-9,13,18H,2-4,7,17H2,1H3/t9?,13-,14-/m0/s1. The monoisotopic (exact) mass is 287 g/mol. The van der Waals surface area contributed by atoms with Crippen LogP contribution in [-0.2, 0) is 5.41 Å². The highest BCUT2D eigenvalue weighted by atomic mass is 35.5. The minimum atomic E-state index is -0.413. The van der Waals surface area contributed by atoms with E-state index in [9.17, 15) is 5.11 Å². The molecule has 0 bridgehead atoms. The lowest BCUT2D eigenvalue weighted by molar-refractivity contribution is 0.0293. The molecule has 0 heterocycles. The molecule has 3 N–H and O–H groups in total. The highest BCUT2D eigenvalue weighted by Crippen LogP contribution is 2.43. The first kappa shape index (κ1) is 14.1. The fourth-order valence-corrected chi connectivity index (χ4v) is 3.39. The van der Waals surface area contributed by atoms with E-state index in [0.717, 1.165) is 31.2 Å². The van der Waals surface area contributed by atoms with Gasteiger partial charge < -0.3 is 10.8 Å². The van der Waals surface area contributed by atoms with E-state index in [1.54, 1.807) is 6.07 Å². The average molecular weight is 288 g/mol. The Balaban J connectivity index is 2.49. The number of halogens is 2. The predicted molar refractivity (Wildman–Crippen MR) is 76.3 cm³/mol. The Kier molecular flexibility index (Phi) is 4.22. The number of rotatable bonds is 2. The average Bonchev–Trinajstić information content (AvgIpc) is 2.33. The maximum Gasteiger partial charge on any atom is 0.0651 e. The van der Waals surface area contributed by atoms with Crippen LogP contribution >= 0.6 is 23.2 Å². The zero-order valence-corrected chi connectivity index (χ0v) is 12.0. The Morgan fingerprint density at radius 1 is 1.33 bits per heavy atom. The molecule has 1 aliphatic carbocycles. The van der Waals surface area contributed by atoms with Gasteiger partial charge in [-0.1, -0.05) is 42.1 Å². The van der Waals surface area contributed by atoms with Gasteiger partial charge >= 0.3 is 0 Å². The summed E-state index contributed by atoms with van der Waals surface area (Å²) in [5.41, 5.74) is 6.78. The van der Waals surface area contributed by atoms with E-state index in [0.29, 0.717) is 10.0 Å². The molecule has 1 saturated carbocycles. The van der Waals surface area contributed by atoms with Gasteiger partial charge in [0.1, 0.15) is 0 Å². The molecule has 2 nitrogen and oxygen atoms in total. The zero-order valence-electron chi connectivity index (χ0n) is 10.5. The summed E-state index contributed by atoms with van der Waals surface area (Å²) >= 11 is 12.0. The molecular weight excluding hydrogens is 269 g/mol. The fourth-order valence-electron chi connectivity index (χ4n) is 3.10. The second-order valence-electron chi connectivity index (χ2n) is 5.22. The Morgan fingerprint density at radius 2 is 2.06 bits per heavy atom. The van der Waals surface area contributed by atoms with Crippen LogP contribution in [-0.4, -0.2) is 17.3 Å². The van der Waals surface area contributed by atoms with Crippen molar-refractivity contribution in [1.82, 2.24) is 0 Å². The van der Waals surface area contributed by atoms with Crippen molar-refractivity contribution in [3.05, 3.63) is 33.8 Å². The minimum absolute atomic E-state index is 0.120. The number of nitrogens with two attached hydrogens (primary N) is 1.